The first-order chi connectivity index (χ1) is 13.4. The van der Waals surface area contributed by atoms with Gasteiger partial charge in [-0.2, -0.15) is 5.10 Å². The number of benzene rings is 1. The third-order valence-corrected chi connectivity index (χ3v) is 5.98. The number of anilines is 1. The van der Waals surface area contributed by atoms with Gasteiger partial charge in [0.2, 0.25) is 10.0 Å². The molecular formula is C19H19N5O3S. The average Bonchev–Trinajstić information content (AvgIpc) is 3.40. The molecule has 9 heteroatoms. The summed E-state index contributed by atoms with van der Waals surface area (Å²) in [4.78, 5) is 17.0. The first-order valence-electron chi connectivity index (χ1n) is 8.84. The second kappa shape index (κ2) is 7.17. The van der Waals surface area contributed by atoms with E-state index in [1.165, 1.54) is 18.3 Å². The molecule has 1 aromatic carbocycles. The molecule has 0 atom stereocenters. The fraction of sp³-hybridized carbons (Fsp3) is 0.211. The van der Waals surface area contributed by atoms with Gasteiger partial charge in [0, 0.05) is 17.9 Å². The monoisotopic (exact) mass is 397 g/mol. The van der Waals surface area contributed by atoms with Crippen molar-refractivity contribution in [3.8, 4) is 5.82 Å². The number of pyridine rings is 1. The minimum absolute atomic E-state index is 0.0444. The third kappa shape index (κ3) is 3.80. The van der Waals surface area contributed by atoms with Gasteiger partial charge in [0.25, 0.3) is 5.91 Å². The van der Waals surface area contributed by atoms with E-state index in [0.29, 0.717) is 22.8 Å². The zero-order valence-corrected chi connectivity index (χ0v) is 16.0. The standard InChI is InChI=1S/C19H19N5O3S/c1-13-17(12-21-24(13)18-4-2-3-11-20-18)19(25)22-14-7-9-16(10-8-14)28(26,27)23-15-5-6-15/h2-4,7-12,15,23H,5-6H2,1H3,(H,22,25). The van der Waals surface area contributed by atoms with E-state index < -0.39 is 10.0 Å². The molecule has 144 valence electrons. The van der Waals surface area contributed by atoms with Gasteiger partial charge in [-0.1, -0.05) is 6.07 Å². The minimum Gasteiger partial charge on any atom is -0.322 e. The van der Waals surface area contributed by atoms with Crippen LogP contribution >= 0.6 is 0 Å². The molecule has 0 unspecified atom stereocenters. The number of sulfonamides is 1. The maximum absolute atomic E-state index is 12.6. The summed E-state index contributed by atoms with van der Waals surface area (Å²) in [6.45, 7) is 1.79. The van der Waals surface area contributed by atoms with Crippen molar-refractivity contribution in [3.05, 3.63) is 66.1 Å². The van der Waals surface area contributed by atoms with Crippen LogP contribution < -0.4 is 10.0 Å². The molecule has 1 aliphatic carbocycles. The Hall–Kier alpha value is -3.04. The molecule has 3 aromatic rings. The van der Waals surface area contributed by atoms with Crippen LogP contribution in [0, 0.1) is 6.92 Å². The fourth-order valence-corrected chi connectivity index (χ4v) is 4.05. The number of nitrogens with one attached hydrogen (secondary N) is 2. The van der Waals surface area contributed by atoms with Crippen LogP contribution in [0.25, 0.3) is 5.82 Å². The van der Waals surface area contributed by atoms with Gasteiger partial charge >= 0.3 is 0 Å². The Balaban J connectivity index is 1.49. The Bertz CT molecular complexity index is 1100. The second-order valence-electron chi connectivity index (χ2n) is 6.62. The van der Waals surface area contributed by atoms with Crippen LogP contribution in [0.15, 0.2) is 59.8 Å². The molecule has 1 aliphatic rings. The van der Waals surface area contributed by atoms with Gasteiger partial charge in [0.1, 0.15) is 0 Å². The molecule has 0 spiro atoms. The van der Waals surface area contributed by atoms with Crippen molar-refractivity contribution in [1.82, 2.24) is 19.5 Å². The average molecular weight is 397 g/mol. The predicted molar refractivity (Wildman–Crippen MR) is 104 cm³/mol. The van der Waals surface area contributed by atoms with Crippen LogP contribution in [0.3, 0.4) is 0 Å². The summed E-state index contributed by atoms with van der Waals surface area (Å²) in [5, 5.41) is 7.00. The minimum atomic E-state index is -3.51. The summed E-state index contributed by atoms with van der Waals surface area (Å²) < 4.78 is 28.6. The molecule has 0 aliphatic heterocycles. The summed E-state index contributed by atoms with van der Waals surface area (Å²) in [6.07, 6.45) is 4.89. The third-order valence-electron chi connectivity index (χ3n) is 4.44. The Morgan fingerprint density at radius 1 is 1.14 bits per heavy atom. The van der Waals surface area contributed by atoms with Gasteiger partial charge < -0.3 is 5.32 Å². The Kier molecular flexibility index (Phi) is 4.70. The maximum Gasteiger partial charge on any atom is 0.259 e. The van der Waals surface area contributed by atoms with Crippen molar-refractivity contribution in [2.45, 2.75) is 30.7 Å². The van der Waals surface area contributed by atoms with Gasteiger partial charge in [-0.05, 0) is 56.2 Å². The highest BCUT2D eigenvalue weighted by atomic mass is 32.2. The van der Waals surface area contributed by atoms with E-state index in [1.807, 2.05) is 6.07 Å². The van der Waals surface area contributed by atoms with Crippen LogP contribution in [-0.4, -0.2) is 35.1 Å². The zero-order valence-electron chi connectivity index (χ0n) is 15.2. The summed E-state index contributed by atoms with van der Waals surface area (Å²) in [5.74, 6) is 0.295. The first kappa shape index (κ1) is 18.3. The van der Waals surface area contributed by atoms with Crippen molar-refractivity contribution in [2.24, 2.45) is 0 Å². The van der Waals surface area contributed by atoms with Gasteiger partial charge in [-0.25, -0.2) is 22.8 Å². The van der Waals surface area contributed by atoms with Gasteiger partial charge in [-0.3, -0.25) is 4.79 Å². The second-order valence-corrected chi connectivity index (χ2v) is 8.33. The van der Waals surface area contributed by atoms with Crippen LogP contribution in [-0.2, 0) is 10.0 Å². The number of carbonyl (C=O) groups is 1. The summed E-state index contributed by atoms with van der Waals surface area (Å²) in [5.41, 5.74) is 1.57. The molecule has 2 aromatic heterocycles. The molecule has 0 radical (unpaired) electrons. The maximum atomic E-state index is 12.6. The summed E-state index contributed by atoms with van der Waals surface area (Å²) >= 11 is 0. The quantitative estimate of drug-likeness (QED) is 0.664. The SMILES string of the molecule is Cc1c(C(=O)Nc2ccc(S(=O)(=O)NC3CC3)cc2)cnn1-c1ccccn1. The predicted octanol–water partition coefficient (Wildman–Crippen LogP) is 2.27. The number of carbonyl (C=O) groups excluding carboxylic acids is 1. The number of rotatable bonds is 6. The van der Waals surface area contributed by atoms with Crippen molar-refractivity contribution < 1.29 is 13.2 Å². The number of hydrogen-bond acceptors (Lipinski definition) is 5. The fourth-order valence-electron chi connectivity index (χ4n) is 2.75. The highest BCUT2D eigenvalue weighted by Gasteiger charge is 2.27. The van der Waals surface area contributed by atoms with E-state index in [1.54, 1.807) is 42.1 Å². The molecule has 8 nitrogen and oxygen atoms in total. The lowest BCUT2D eigenvalue weighted by Gasteiger charge is -2.08. The molecule has 1 fully saturated rings. The number of hydrogen-bond donors (Lipinski definition) is 2. The van der Waals surface area contributed by atoms with E-state index in [0.717, 1.165) is 12.8 Å². The van der Waals surface area contributed by atoms with Crippen molar-refractivity contribution in [3.63, 3.8) is 0 Å². The Morgan fingerprint density at radius 2 is 1.89 bits per heavy atom. The van der Waals surface area contributed by atoms with Gasteiger partial charge in [-0.15, -0.1) is 0 Å². The summed E-state index contributed by atoms with van der Waals surface area (Å²) in [6, 6.07) is 11.6. The largest absolute Gasteiger partial charge is 0.322 e. The number of nitrogens with zero attached hydrogens (tertiary/aromatic N) is 3. The topological polar surface area (TPSA) is 106 Å². The summed E-state index contributed by atoms with van der Waals surface area (Å²) in [7, 11) is -3.51. The van der Waals surface area contributed by atoms with Crippen LogP contribution in [0.5, 0.6) is 0 Å². The molecule has 0 saturated heterocycles. The molecule has 28 heavy (non-hydrogen) atoms. The molecule has 4 rings (SSSR count). The molecule has 2 heterocycles. The smallest absolute Gasteiger partial charge is 0.259 e. The van der Waals surface area contributed by atoms with Crippen molar-refractivity contribution in [2.75, 3.05) is 5.32 Å². The highest BCUT2D eigenvalue weighted by Crippen LogP contribution is 2.23. The molecular weight excluding hydrogens is 378 g/mol. The van der Waals surface area contributed by atoms with Crippen LogP contribution in [0.2, 0.25) is 0 Å². The van der Waals surface area contributed by atoms with Crippen molar-refractivity contribution >= 4 is 21.6 Å². The van der Waals surface area contributed by atoms with Crippen molar-refractivity contribution in [1.29, 1.82) is 0 Å². The molecule has 2 N–H and O–H groups in total. The van der Waals surface area contributed by atoms with Crippen LogP contribution in [0.1, 0.15) is 28.9 Å². The van der Waals surface area contributed by atoms with Gasteiger partial charge in [0.05, 0.1) is 22.3 Å². The normalized spacial score (nSPS) is 14.0. The number of aromatic nitrogens is 3. The van der Waals surface area contributed by atoms with E-state index in [9.17, 15) is 13.2 Å². The molecule has 1 amide bonds. The Labute approximate surface area is 162 Å². The lowest BCUT2D eigenvalue weighted by atomic mass is 10.2. The van der Waals surface area contributed by atoms with E-state index in [-0.39, 0.29) is 16.8 Å². The highest BCUT2D eigenvalue weighted by molar-refractivity contribution is 7.89. The number of amides is 1. The van der Waals surface area contributed by atoms with Crippen LogP contribution in [0.4, 0.5) is 5.69 Å². The van der Waals surface area contributed by atoms with Gasteiger partial charge in [0.15, 0.2) is 5.82 Å². The Morgan fingerprint density at radius 3 is 2.54 bits per heavy atom. The van der Waals surface area contributed by atoms with E-state index >= 15 is 0 Å². The lowest BCUT2D eigenvalue weighted by molar-refractivity contribution is 0.102. The lowest BCUT2D eigenvalue weighted by Crippen LogP contribution is -2.25. The first-order valence-corrected chi connectivity index (χ1v) is 10.3. The van der Waals surface area contributed by atoms with E-state index in [2.05, 4.69) is 20.1 Å². The van der Waals surface area contributed by atoms with E-state index in [4.69, 9.17) is 0 Å². The molecule has 1 saturated carbocycles. The zero-order chi connectivity index (χ0) is 19.7. The molecule has 0 bridgehead atoms.